The average Bonchev–Trinajstić information content (AvgIpc) is 2.58. The molecule has 1 unspecified atom stereocenters. The Morgan fingerprint density at radius 3 is 2.33 bits per heavy atom. The smallest absolute Gasteiger partial charge is 0.229 e. The molecule has 2 aromatic carbocycles. The number of halogens is 1. The number of nitrogens with zero attached hydrogens (tertiary/aromatic N) is 1. The van der Waals surface area contributed by atoms with Gasteiger partial charge in [0.15, 0.2) is 0 Å². The standard InChI is InChI=1S/C20H28N2O3S.ClH/c1-16-7-5-6-8-20(16)25-15-17(2)22(3)14-13-18-9-11-19(12-10-18)21-26(4,23)24;/h5-12,17,21H,13-15H2,1-4H3;1H. The Hall–Kier alpha value is -1.76. The zero-order valence-corrected chi connectivity index (χ0v) is 17.9. The Morgan fingerprint density at radius 2 is 1.74 bits per heavy atom. The lowest BCUT2D eigenvalue weighted by Crippen LogP contribution is -2.35. The molecule has 5 nitrogen and oxygen atoms in total. The predicted molar refractivity (Wildman–Crippen MR) is 115 cm³/mol. The van der Waals surface area contributed by atoms with Gasteiger partial charge in [-0.1, -0.05) is 30.3 Å². The summed E-state index contributed by atoms with van der Waals surface area (Å²) in [6, 6.07) is 15.8. The van der Waals surface area contributed by atoms with Crippen LogP contribution >= 0.6 is 12.4 Å². The average molecular weight is 413 g/mol. The second kappa shape index (κ2) is 10.5. The second-order valence-corrected chi connectivity index (χ2v) is 8.48. The molecule has 0 fully saturated rings. The van der Waals surface area contributed by atoms with Crippen molar-refractivity contribution in [2.75, 3.05) is 31.2 Å². The first-order chi connectivity index (χ1) is 12.2. The van der Waals surface area contributed by atoms with Gasteiger partial charge in [-0.2, -0.15) is 0 Å². The van der Waals surface area contributed by atoms with Crippen LogP contribution in [0.1, 0.15) is 18.1 Å². The molecule has 0 saturated carbocycles. The fourth-order valence-electron chi connectivity index (χ4n) is 2.54. The van der Waals surface area contributed by atoms with Crippen molar-refractivity contribution in [3.8, 4) is 5.75 Å². The number of hydrogen-bond acceptors (Lipinski definition) is 4. The van der Waals surface area contributed by atoms with Crippen molar-refractivity contribution in [1.82, 2.24) is 4.90 Å². The highest BCUT2D eigenvalue weighted by molar-refractivity contribution is 7.92. The van der Waals surface area contributed by atoms with E-state index in [1.807, 2.05) is 43.3 Å². The van der Waals surface area contributed by atoms with Gasteiger partial charge in [-0.3, -0.25) is 9.62 Å². The van der Waals surface area contributed by atoms with Crippen LogP contribution in [0.4, 0.5) is 5.69 Å². The number of likely N-dealkylation sites (N-methyl/N-ethyl adjacent to an activating group) is 1. The molecule has 0 aromatic heterocycles. The molecule has 0 amide bonds. The molecule has 0 saturated heterocycles. The van der Waals surface area contributed by atoms with E-state index in [2.05, 4.69) is 23.6 Å². The Labute approximate surface area is 169 Å². The molecule has 0 bridgehead atoms. The SMILES string of the molecule is Cc1ccccc1OCC(C)N(C)CCc1ccc(NS(C)(=O)=O)cc1.Cl. The Balaban J connectivity index is 0.00000364. The summed E-state index contributed by atoms with van der Waals surface area (Å²) >= 11 is 0. The maximum absolute atomic E-state index is 11.2. The van der Waals surface area contributed by atoms with E-state index in [0.29, 0.717) is 18.3 Å². The zero-order valence-electron chi connectivity index (χ0n) is 16.3. The highest BCUT2D eigenvalue weighted by Crippen LogP contribution is 2.17. The number of benzene rings is 2. The maximum Gasteiger partial charge on any atom is 0.229 e. The Morgan fingerprint density at radius 1 is 1.11 bits per heavy atom. The molecule has 7 heteroatoms. The molecule has 0 spiro atoms. The van der Waals surface area contributed by atoms with Gasteiger partial charge < -0.3 is 4.74 Å². The van der Waals surface area contributed by atoms with Crippen molar-refractivity contribution in [3.63, 3.8) is 0 Å². The van der Waals surface area contributed by atoms with Crippen LogP contribution in [0.15, 0.2) is 48.5 Å². The van der Waals surface area contributed by atoms with Crippen LogP contribution in [0.2, 0.25) is 0 Å². The minimum absolute atomic E-state index is 0. The molecule has 0 radical (unpaired) electrons. The number of hydrogen-bond donors (Lipinski definition) is 1. The quantitative estimate of drug-likeness (QED) is 0.681. The van der Waals surface area contributed by atoms with Crippen molar-refractivity contribution in [3.05, 3.63) is 59.7 Å². The molecule has 2 aromatic rings. The third-order valence-electron chi connectivity index (χ3n) is 4.34. The summed E-state index contributed by atoms with van der Waals surface area (Å²) in [5.41, 5.74) is 2.90. The zero-order chi connectivity index (χ0) is 19.2. The number of ether oxygens (including phenoxy) is 1. The first-order valence-corrected chi connectivity index (χ1v) is 10.6. The first kappa shape index (κ1) is 23.3. The molecule has 0 aliphatic heterocycles. The van der Waals surface area contributed by atoms with E-state index in [4.69, 9.17) is 4.74 Å². The van der Waals surface area contributed by atoms with E-state index >= 15 is 0 Å². The number of nitrogens with one attached hydrogen (secondary N) is 1. The fourth-order valence-corrected chi connectivity index (χ4v) is 3.10. The van der Waals surface area contributed by atoms with Gasteiger partial charge in [0.2, 0.25) is 10.0 Å². The summed E-state index contributed by atoms with van der Waals surface area (Å²) in [5, 5.41) is 0. The van der Waals surface area contributed by atoms with E-state index in [1.165, 1.54) is 5.56 Å². The number of anilines is 1. The van der Waals surface area contributed by atoms with Crippen LogP contribution in [-0.2, 0) is 16.4 Å². The number of aryl methyl sites for hydroxylation is 1. The molecule has 27 heavy (non-hydrogen) atoms. The second-order valence-electron chi connectivity index (χ2n) is 6.73. The fraction of sp³-hybridized carbons (Fsp3) is 0.400. The third kappa shape index (κ3) is 8.20. The van der Waals surface area contributed by atoms with Gasteiger partial charge in [0, 0.05) is 18.3 Å². The molecule has 0 heterocycles. The van der Waals surface area contributed by atoms with Crippen LogP contribution < -0.4 is 9.46 Å². The van der Waals surface area contributed by atoms with Gasteiger partial charge in [-0.05, 0) is 56.6 Å². The minimum atomic E-state index is -3.23. The van der Waals surface area contributed by atoms with Gasteiger partial charge in [-0.15, -0.1) is 12.4 Å². The molecular formula is C20H29ClN2O3S. The van der Waals surface area contributed by atoms with Gasteiger partial charge in [-0.25, -0.2) is 8.42 Å². The Kier molecular flexibility index (Phi) is 9.09. The highest BCUT2D eigenvalue weighted by Gasteiger charge is 2.11. The summed E-state index contributed by atoms with van der Waals surface area (Å²) in [5.74, 6) is 0.932. The summed E-state index contributed by atoms with van der Waals surface area (Å²) < 4.78 is 30.9. The lowest BCUT2D eigenvalue weighted by molar-refractivity contribution is 0.174. The Bertz CT molecular complexity index is 810. The molecular weight excluding hydrogens is 384 g/mol. The number of rotatable bonds is 9. The monoisotopic (exact) mass is 412 g/mol. The first-order valence-electron chi connectivity index (χ1n) is 8.70. The van der Waals surface area contributed by atoms with Crippen molar-refractivity contribution in [1.29, 1.82) is 0 Å². The largest absolute Gasteiger partial charge is 0.492 e. The van der Waals surface area contributed by atoms with Crippen LogP contribution in [-0.4, -0.2) is 45.8 Å². The number of para-hydroxylation sites is 1. The summed E-state index contributed by atoms with van der Waals surface area (Å²) in [4.78, 5) is 2.26. The summed E-state index contributed by atoms with van der Waals surface area (Å²) in [7, 11) is -1.14. The third-order valence-corrected chi connectivity index (χ3v) is 4.94. The van der Waals surface area contributed by atoms with E-state index in [9.17, 15) is 8.42 Å². The van der Waals surface area contributed by atoms with Crippen LogP contribution in [0.5, 0.6) is 5.75 Å². The lowest BCUT2D eigenvalue weighted by atomic mass is 10.1. The summed E-state index contributed by atoms with van der Waals surface area (Å²) in [6.07, 6.45) is 2.04. The topological polar surface area (TPSA) is 58.6 Å². The van der Waals surface area contributed by atoms with Gasteiger partial charge >= 0.3 is 0 Å². The predicted octanol–water partition coefficient (Wildman–Crippen LogP) is 3.73. The normalized spacial score (nSPS) is 12.3. The molecule has 2 rings (SSSR count). The molecule has 0 aliphatic rings. The number of sulfonamides is 1. The molecule has 1 atom stereocenters. The van der Waals surface area contributed by atoms with E-state index in [-0.39, 0.29) is 12.4 Å². The van der Waals surface area contributed by atoms with E-state index in [0.717, 1.165) is 30.5 Å². The highest BCUT2D eigenvalue weighted by atomic mass is 35.5. The molecule has 150 valence electrons. The maximum atomic E-state index is 11.2. The molecule has 0 aliphatic carbocycles. The van der Waals surface area contributed by atoms with E-state index < -0.39 is 10.0 Å². The minimum Gasteiger partial charge on any atom is -0.492 e. The van der Waals surface area contributed by atoms with Crippen LogP contribution in [0.25, 0.3) is 0 Å². The lowest BCUT2D eigenvalue weighted by Gasteiger charge is -2.25. The van der Waals surface area contributed by atoms with Crippen molar-refractivity contribution in [2.24, 2.45) is 0 Å². The van der Waals surface area contributed by atoms with E-state index in [1.54, 1.807) is 12.1 Å². The van der Waals surface area contributed by atoms with Crippen LogP contribution in [0, 0.1) is 6.92 Å². The van der Waals surface area contributed by atoms with Crippen molar-refractivity contribution >= 4 is 28.1 Å². The van der Waals surface area contributed by atoms with Gasteiger partial charge in [0.05, 0.1) is 6.26 Å². The van der Waals surface area contributed by atoms with Crippen LogP contribution in [0.3, 0.4) is 0 Å². The van der Waals surface area contributed by atoms with Crippen molar-refractivity contribution < 1.29 is 13.2 Å². The van der Waals surface area contributed by atoms with Crippen molar-refractivity contribution in [2.45, 2.75) is 26.3 Å². The van der Waals surface area contributed by atoms with Gasteiger partial charge in [0.1, 0.15) is 12.4 Å². The summed E-state index contributed by atoms with van der Waals surface area (Å²) in [6.45, 7) is 5.74. The van der Waals surface area contributed by atoms with Gasteiger partial charge in [0.25, 0.3) is 0 Å². The molecule has 1 N–H and O–H groups in total.